The normalized spacial score (nSPS) is 12.3. The summed E-state index contributed by atoms with van der Waals surface area (Å²) in [5.74, 6) is -0.425. The van der Waals surface area contributed by atoms with E-state index in [1.165, 1.54) is 10.4 Å². The third-order valence-electron chi connectivity index (χ3n) is 8.40. The molecule has 0 aliphatic carbocycles. The summed E-state index contributed by atoms with van der Waals surface area (Å²) in [5, 5.41) is 6.09. The van der Waals surface area contributed by atoms with Gasteiger partial charge in [-0.1, -0.05) is 77.8 Å². The minimum absolute atomic E-state index is 0.0207. The van der Waals surface area contributed by atoms with Gasteiger partial charge in [0.2, 0.25) is 15.9 Å². The predicted molar refractivity (Wildman–Crippen MR) is 195 cm³/mol. The molecule has 2 N–H and O–H groups in total. The second kappa shape index (κ2) is 14.9. The molecular weight excluding hydrogens is 695 g/mol. The molecule has 12 heteroatoms. The van der Waals surface area contributed by atoms with E-state index in [1.54, 1.807) is 91.8 Å². The molecule has 0 bridgehead atoms. The van der Waals surface area contributed by atoms with Crippen molar-refractivity contribution in [1.82, 2.24) is 14.1 Å². The van der Waals surface area contributed by atoms with Crippen LogP contribution in [0.2, 0.25) is 10.0 Å². The van der Waals surface area contributed by atoms with Crippen LogP contribution in [0.5, 0.6) is 11.5 Å². The van der Waals surface area contributed by atoms with Gasteiger partial charge >= 0.3 is 0 Å². The average molecular weight is 730 g/mol. The van der Waals surface area contributed by atoms with Gasteiger partial charge in [-0.3, -0.25) is 9.48 Å². The maximum absolute atomic E-state index is 15.0. The number of methoxy groups -OCH3 is 2. The van der Waals surface area contributed by atoms with Crippen LogP contribution in [0.15, 0.2) is 120 Å². The van der Waals surface area contributed by atoms with Crippen LogP contribution in [-0.4, -0.2) is 42.6 Å². The van der Waals surface area contributed by atoms with E-state index in [-0.39, 0.29) is 18.0 Å². The van der Waals surface area contributed by atoms with Crippen LogP contribution in [0.1, 0.15) is 33.7 Å². The number of aromatic nitrogens is 2. The first-order valence-electron chi connectivity index (χ1n) is 15.6. The largest absolute Gasteiger partial charge is 0.497 e. The third kappa shape index (κ3) is 7.64. The lowest BCUT2D eigenvalue weighted by molar-refractivity contribution is -0.118. The van der Waals surface area contributed by atoms with Crippen molar-refractivity contribution in [2.45, 2.75) is 30.4 Å². The summed E-state index contributed by atoms with van der Waals surface area (Å²) in [6.45, 7) is 0.450. The fourth-order valence-corrected chi connectivity index (χ4v) is 7.85. The number of nitrogens with two attached hydrogens (primary N) is 1. The van der Waals surface area contributed by atoms with Gasteiger partial charge in [0.25, 0.3) is 0 Å². The van der Waals surface area contributed by atoms with Crippen LogP contribution in [-0.2, 0) is 34.5 Å². The fourth-order valence-electron chi connectivity index (χ4n) is 5.84. The van der Waals surface area contributed by atoms with Gasteiger partial charge < -0.3 is 15.2 Å². The number of fused-ring (bicyclic) bond motifs is 1. The number of amides is 1. The summed E-state index contributed by atoms with van der Waals surface area (Å²) in [6.07, 6.45) is 1.70. The van der Waals surface area contributed by atoms with Gasteiger partial charge in [0.15, 0.2) is 0 Å². The van der Waals surface area contributed by atoms with Gasteiger partial charge in [0.1, 0.15) is 11.5 Å². The van der Waals surface area contributed by atoms with Crippen LogP contribution in [0.4, 0.5) is 0 Å². The molecule has 1 aromatic heterocycles. The van der Waals surface area contributed by atoms with Crippen molar-refractivity contribution in [3.8, 4) is 11.5 Å². The molecule has 0 aliphatic rings. The van der Waals surface area contributed by atoms with Crippen molar-refractivity contribution in [3.05, 3.63) is 153 Å². The lowest BCUT2D eigenvalue weighted by Crippen LogP contribution is -2.31. The van der Waals surface area contributed by atoms with E-state index in [9.17, 15) is 4.79 Å². The number of primary amides is 1. The highest BCUT2D eigenvalue weighted by Crippen LogP contribution is 2.36. The molecule has 256 valence electrons. The minimum Gasteiger partial charge on any atom is -0.497 e. The van der Waals surface area contributed by atoms with Crippen molar-refractivity contribution in [1.29, 1.82) is 0 Å². The molecule has 6 rings (SSSR count). The Kier molecular flexibility index (Phi) is 10.4. The maximum Gasteiger partial charge on any atom is 0.244 e. The summed E-state index contributed by atoms with van der Waals surface area (Å²) in [4.78, 5) is 13.1. The van der Waals surface area contributed by atoms with E-state index < -0.39 is 21.8 Å². The van der Waals surface area contributed by atoms with Crippen LogP contribution in [0.3, 0.4) is 0 Å². The molecule has 0 fully saturated rings. The number of hydrogen-bond acceptors (Lipinski definition) is 6. The minimum atomic E-state index is -4.28. The predicted octanol–water partition coefficient (Wildman–Crippen LogP) is 7.42. The molecule has 0 saturated heterocycles. The number of benzene rings is 5. The maximum atomic E-state index is 15.0. The molecule has 0 spiro atoms. The Morgan fingerprint density at radius 3 is 1.92 bits per heavy atom. The smallest absolute Gasteiger partial charge is 0.244 e. The zero-order valence-corrected chi connectivity index (χ0v) is 29.6. The van der Waals surface area contributed by atoms with E-state index in [1.807, 2.05) is 36.4 Å². The summed E-state index contributed by atoms with van der Waals surface area (Å²) >= 11 is 12.7. The van der Waals surface area contributed by atoms with E-state index >= 15 is 8.42 Å². The molecule has 6 aromatic rings. The van der Waals surface area contributed by atoms with Crippen LogP contribution in [0, 0.1) is 0 Å². The van der Waals surface area contributed by atoms with E-state index in [4.69, 9.17) is 43.5 Å². The fraction of sp³-hybridized carbons (Fsp3) is 0.158. The molecule has 0 aliphatic heterocycles. The van der Waals surface area contributed by atoms with Gasteiger partial charge in [-0.15, -0.1) is 0 Å². The van der Waals surface area contributed by atoms with Crippen molar-refractivity contribution in [2.24, 2.45) is 5.73 Å². The van der Waals surface area contributed by atoms with Gasteiger partial charge in [-0.05, 0) is 82.4 Å². The molecule has 9 nitrogen and oxygen atoms in total. The van der Waals surface area contributed by atoms with Crippen LogP contribution >= 0.6 is 23.2 Å². The van der Waals surface area contributed by atoms with Gasteiger partial charge in [0, 0.05) is 34.7 Å². The monoisotopic (exact) mass is 728 g/mol. The van der Waals surface area contributed by atoms with E-state index in [0.717, 1.165) is 16.7 Å². The summed E-state index contributed by atoms with van der Waals surface area (Å²) in [6, 6.07) is 31.8. The molecule has 1 unspecified atom stereocenters. The Labute approximate surface area is 300 Å². The Bertz CT molecular complexity index is 2190. The van der Waals surface area contributed by atoms with E-state index in [2.05, 4.69) is 0 Å². The van der Waals surface area contributed by atoms with Crippen LogP contribution in [0.25, 0.3) is 10.9 Å². The molecule has 50 heavy (non-hydrogen) atoms. The quantitative estimate of drug-likeness (QED) is 0.132. The number of ether oxygens (including phenoxy) is 2. The summed E-state index contributed by atoms with van der Waals surface area (Å²) in [5.41, 5.74) is 9.59. The first-order chi connectivity index (χ1) is 24.0. The van der Waals surface area contributed by atoms with Gasteiger partial charge in [-0.2, -0.15) is 9.40 Å². The topological polar surface area (TPSA) is 117 Å². The Hall–Kier alpha value is -4.87. The SMILES string of the molecule is COc1ccc(CN(Cc2ccc(OC)cc2)S(=O)(=O)c2cc(C(C(N)=O)c3ccccc3Cl)cc3nn(Cc4ccc(Cl)cc4)cc23)cc1. The van der Waals surface area contributed by atoms with Crippen molar-refractivity contribution in [2.75, 3.05) is 14.2 Å². The van der Waals surface area contributed by atoms with E-state index in [0.29, 0.717) is 50.1 Å². The Morgan fingerprint density at radius 1 is 0.820 bits per heavy atom. The second-order valence-electron chi connectivity index (χ2n) is 11.7. The second-order valence-corrected chi connectivity index (χ2v) is 14.5. The van der Waals surface area contributed by atoms with Crippen molar-refractivity contribution >= 4 is 50.0 Å². The zero-order chi connectivity index (χ0) is 35.4. The third-order valence-corrected chi connectivity index (χ3v) is 10.8. The number of sulfonamides is 1. The lowest BCUT2D eigenvalue weighted by Gasteiger charge is -2.24. The van der Waals surface area contributed by atoms with Gasteiger partial charge in [-0.25, -0.2) is 8.42 Å². The molecule has 1 heterocycles. The first kappa shape index (κ1) is 35.0. The molecule has 1 atom stereocenters. The average Bonchev–Trinajstić information content (AvgIpc) is 3.52. The molecule has 5 aromatic carbocycles. The lowest BCUT2D eigenvalue weighted by atomic mass is 9.90. The summed E-state index contributed by atoms with van der Waals surface area (Å²) in [7, 11) is -1.14. The number of carbonyl (C=O) groups excluding carboxylic acids is 1. The van der Waals surface area contributed by atoms with Crippen molar-refractivity contribution < 1.29 is 22.7 Å². The number of halogens is 2. The van der Waals surface area contributed by atoms with Crippen molar-refractivity contribution in [3.63, 3.8) is 0 Å². The number of hydrogen-bond donors (Lipinski definition) is 1. The molecule has 0 radical (unpaired) electrons. The Balaban J connectivity index is 1.52. The zero-order valence-electron chi connectivity index (χ0n) is 27.3. The van der Waals surface area contributed by atoms with Gasteiger partial charge in [0.05, 0.1) is 37.1 Å². The highest BCUT2D eigenvalue weighted by atomic mass is 35.5. The molecule has 1 amide bonds. The molecular formula is C38H34Cl2N4O5S. The summed E-state index contributed by atoms with van der Waals surface area (Å²) < 4.78 is 43.8. The highest BCUT2D eigenvalue weighted by Gasteiger charge is 2.31. The Morgan fingerprint density at radius 2 is 1.38 bits per heavy atom. The molecule has 0 saturated carbocycles. The standard InChI is InChI=1S/C38H34Cl2N4O5S/c1-48-30-15-9-26(10-16-30)22-44(23-27-11-17-31(49-2)18-12-27)50(46,47)36-20-28(37(38(41)45)32-5-3-4-6-34(32)40)19-35-33(36)24-43(42-35)21-25-7-13-29(39)14-8-25/h3-20,24,37H,21-23H2,1-2H3,(H2,41,45). The first-order valence-corrected chi connectivity index (χ1v) is 17.8. The number of nitrogens with zero attached hydrogens (tertiary/aromatic N) is 3. The number of rotatable bonds is 13. The number of carbonyl (C=O) groups is 1. The highest BCUT2D eigenvalue weighted by molar-refractivity contribution is 7.89. The van der Waals surface area contributed by atoms with Crippen LogP contribution < -0.4 is 15.2 Å².